The van der Waals surface area contributed by atoms with Gasteiger partial charge in [-0.3, -0.25) is 4.79 Å². The van der Waals surface area contributed by atoms with Gasteiger partial charge in [-0.25, -0.2) is 0 Å². The maximum Gasteiger partial charge on any atom is 0.304 e. The first-order valence-corrected chi connectivity index (χ1v) is 4.06. The zero-order valence-corrected chi connectivity index (χ0v) is 7.67. The number of esters is 1. The van der Waals surface area contributed by atoms with Crippen LogP contribution in [0.1, 0.15) is 20.3 Å². The fourth-order valence-corrected chi connectivity index (χ4v) is 0.548. The lowest BCUT2D eigenvalue weighted by Crippen LogP contribution is -2.09. The van der Waals surface area contributed by atoms with Gasteiger partial charge in [0, 0.05) is 13.5 Å². The fourth-order valence-electron chi connectivity index (χ4n) is 0.548. The molecule has 0 N–H and O–H groups in total. The van der Waals surface area contributed by atoms with Gasteiger partial charge in [-0.05, 0) is 6.42 Å². The Morgan fingerprint density at radius 3 is 2.42 bits per heavy atom. The Bertz CT molecular complexity index is 114. The highest BCUT2D eigenvalue weighted by atomic mass is 16.7. The second kappa shape index (κ2) is 8.49. The van der Waals surface area contributed by atoms with Crippen LogP contribution in [0.4, 0.5) is 0 Å². The molecule has 0 spiro atoms. The van der Waals surface area contributed by atoms with Crippen molar-refractivity contribution in [3.8, 4) is 0 Å². The van der Waals surface area contributed by atoms with Crippen LogP contribution in [0.25, 0.3) is 0 Å². The standard InChI is InChI=1S/C8H16O4/c1-3-4-10-5-6-11-7-12-8(2)9/h3-7H2,1-2H3. The van der Waals surface area contributed by atoms with Crippen LogP contribution in [0.2, 0.25) is 0 Å². The molecule has 0 aromatic carbocycles. The largest absolute Gasteiger partial charge is 0.439 e. The molecule has 0 atom stereocenters. The molecular formula is C8H16O4. The molecule has 0 radical (unpaired) electrons. The van der Waals surface area contributed by atoms with Crippen LogP contribution in [0, 0.1) is 0 Å². The monoisotopic (exact) mass is 176 g/mol. The highest BCUT2D eigenvalue weighted by Crippen LogP contribution is 1.83. The minimum absolute atomic E-state index is 0.0187. The third-order valence-corrected chi connectivity index (χ3v) is 1.07. The second-order valence-corrected chi connectivity index (χ2v) is 2.27. The molecule has 0 amide bonds. The van der Waals surface area contributed by atoms with Gasteiger partial charge >= 0.3 is 5.97 Å². The van der Waals surface area contributed by atoms with E-state index < -0.39 is 0 Å². The predicted octanol–water partition coefficient (Wildman–Crippen LogP) is 0.950. The van der Waals surface area contributed by atoms with E-state index in [0.29, 0.717) is 13.2 Å². The molecule has 12 heavy (non-hydrogen) atoms. The Morgan fingerprint density at radius 1 is 1.17 bits per heavy atom. The maximum atomic E-state index is 10.2. The van der Waals surface area contributed by atoms with Crippen molar-refractivity contribution in [2.45, 2.75) is 20.3 Å². The highest BCUT2D eigenvalue weighted by Gasteiger charge is 1.91. The number of ether oxygens (including phenoxy) is 3. The molecule has 4 nitrogen and oxygen atoms in total. The SMILES string of the molecule is CCCOCCOCOC(C)=O. The molecule has 0 saturated heterocycles. The number of carbonyl (C=O) groups excluding carboxylic acids is 1. The predicted molar refractivity (Wildman–Crippen MR) is 43.7 cm³/mol. The van der Waals surface area contributed by atoms with Gasteiger partial charge in [-0.2, -0.15) is 0 Å². The van der Waals surface area contributed by atoms with Gasteiger partial charge in [0.15, 0.2) is 6.79 Å². The lowest BCUT2D eigenvalue weighted by Gasteiger charge is -2.04. The Morgan fingerprint density at radius 2 is 1.83 bits per heavy atom. The zero-order chi connectivity index (χ0) is 9.23. The molecule has 0 aromatic rings. The van der Waals surface area contributed by atoms with Crippen molar-refractivity contribution in [3.05, 3.63) is 0 Å². The van der Waals surface area contributed by atoms with Crippen LogP contribution in [0.3, 0.4) is 0 Å². The van der Waals surface area contributed by atoms with Crippen LogP contribution in [-0.4, -0.2) is 32.6 Å². The van der Waals surface area contributed by atoms with Crippen LogP contribution in [-0.2, 0) is 19.0 Å². The molecule has 0 aliphatic heterocycles. The number of hydrogen-bond acceptors (Lipinski definition) is 4. The van der Waals surface area contributed by atoms with E-state index in [2.05, 4.69) is 4.74 Å². The molecule has 0 unspecified atom stereocenters. The molecule has 0 aromatic heterocycles. The summed E-state index contributed by atoms with van der Waals surface area (Å²) in [5, 5.41) is 0. The number of hydrogen-bond donors (Lipinski definition) is 0. The summed E-state index contributed by atoms with van der Waals surface area (Å²) in [7, 11) is 0. The Kier molecular flexibility index (Phi) is 8.05. The normalized spacial score (nSPS) is 9.83. The van der Waals surface area contributed by atoms with E-state index in [4.69, 9.17) is 9.47 Å². The van der Waals surface area contributed by atoms with Gasteiger partial charge in [-0.15, -0.1) is 0 Å². The van der Waals surface area contributed by atoms with Crippen molar-refractivity contribution in [2.75, 3.05) is 26.6 Å². The van der Waals surface area contributed by atoms with Crippen molar-refractivity contribution in [3.63, 3.8) is 0 Å². The molecule has 0 saturated carbocycles. The van der Waals surface area contributed by atoms with E-state index in [9.17, 15) is 4.79 Å². The van der Waals surface area contributed by atoms with Gasteiger partial charge in [0.2, 0.25) is 0 Å². The first kappa shape index (κ1) is 11.4. The van der Waals surface area contributed by atoms with Crippen molar-refractivity contribution in [1.29, 1.82) is 0 Å². The summed E-state index contributed by atoms with van der Waals surface area (Å²) in [6, 6.07) is 0. The van der Waals surface area contributed by atoms with Gasteiger partial charge in [0.05, 0.1) is 13.2 Å². The summed E-state index contributed by atoms with van der Waals surface area (Å²) < 4.78 is 14.6. The average molecular weight is 176 g/mol. The molecule has 0 aliphatic carbocycles. The summed E-state index contributed by atoms with van der Waals surface area (Å²) in [6.45, 7) is 5.17. The third-order valence-electron chi connectivity index (χ3n) is 1.07. The molecule has 72 valence electrons. The highest BCUT2D eigenvalue weighted by molar-refractivity contribution is 5.65. The summed E-state index contributed by atoms with van der Waals surface area (Å²) in [5.74, 6) is -0.329. The van der Waals surface area contributed by atoms with Gasteiger partial charge in [0.1, 0.15) is 0 Å². The first-order chi connectivity index (χ1) is 5.77. The minimum Gasteiger partial charge on any atom is -0.439 e. The van der Waals surface area contributed by atoms with Gasteiger partial charge < -0.3 is 14.2 Å². The summed E-state index contributed by atoms with van der Waals surface area (Å²) in [5.41, 5.74) is 0. The first-order valence-electron chi connectivity index (χ1n) is 4.06. The summed E-state index contributed by atoms with van der Waals surface area (Å²) in [4.78, 5) is 10.2. The van der Waals surface area contributed by atoms with E-state index in [-0.39, 0.29) is 12.8 Å². The molecule has 0 fully saturated rings. The van der Waals surface area contributed by atoms with E-state index in [1.807, 2.05) is 6.92 Å². The van der Waals surface area contributed by atoms with Crippen LogP contribution in [0.5, 0.6) is 0 Å². The lowest BCUT2D eigenvalue weighted by molar-refractivity contribution is -0.154. The second-order valence-electron chi connectivity index (χ2n) is 2.27. The van der Waals surface area contributed by atoms with E-state index in [1.165, 1.54) is 6.92 Å². The van der Waals surface area contributed by atoms with Gasteiger partial charge in [0.25, 0.3) is 0 Å². The van der Waals surface area contributed by atoms with Gasteiger partial charge in [-0.1, -0.05) is 6.92 Å². The lowest BCUT2D eigenvalue weighted by atomic mass is 10.5. The molecular weight excluding hydrogens is 160 g/mol. The minimum atomic E-state index is -0.329. The molecule has 4 heteroatoms. The molecule has 0 bridgehead atoms. The Balaban J connectivity index is 2.86. The smallest absolute Gasteiger partial charge is 0.304 e. The van der Waals surface area contributed by atoms with Crippen molar-refractivity contribution in [1.82, 2.24) is 0 Å². The molecule has 0 rings (SSSR count). The summed E-state index contributed by atoms with van der Waals surface area (Å²) in [6.07, 6.45) is 1.00. The number of rotatable bonds is 7. The van der Waals surface area contributed by atoms with Crippen LogP contribution in [0.15, 0.2) is 0 Å². The fraction of sp³-hybridized carbons (Fsp3) is 0.875. The van der Waals surface area contributed by atoms with Crippen LogP contribution < -0.4 is 0 Å². The maximum absolute atomic E-state index is 10.2. The molecule has 0 heterocycles. The Labute approximate surface area is 72.8 Å². The zero-order valence-electron chi connectivity index (χ0n) is 7.67. The molecule has 0 aliphatic rings. The number of carbonyl (C=O) groups is 1. The van der Waals surface area contributed by atoms with E-state index in [1.54, 1.807) is 0 Å². The van der Waals surface area contributed by atoms with E-state index >= 15 is 0 Å². The van der Waals surface area contributed by atoms with E-state index in [0.717, 1.165) is 13.0 Å². The van der Waals surface area contributed by atoms with Crippen molar-refractivity contribution in [2.24, 2.45) is 0 Å². The summed E-state index contributed by atoms with van der Waals surface area (Å²) >= 11 is 0. The quantitative estimate of drug-likeness (QED) is 0.329. The van der Waals surface area contributed by atoms with Crippen molar-refractivity contribution >= 4 is 5.97 Å². The van der Waals surface area contributed by atoms with Crippen LogP contribution >= 0.6 is 0 Å². The Hall–Kier alpha value is -0.610. The topological polar surface area (TPSA) is 44.8 Å². The third kappa shape index (κ3) is 9.39. The average Bonchev–Trinajstić information content (AvgIpc) is 2.02. The van der Waals surface area contributed by atoms with Crippen molar-refractivity contribution < 1.29 is 19.0 Å².